The molecule has 1 aliphatic carbocycles. The second kappa shape index (κ2) is 6.17. The minimum atomic E-state index is -1.21. The zero-order valence-corrected chi connectivity index (χ0v) is 12.2. The minimum absolute atomic E-state index is 0.0854. The van der Waals surface area contributed by atoms with Crippen molar-refractivity contribution in [1.82, 2.24) is 10.3 Å². The van der Waals surface area contributed by atoms with Crippen molar-refractivity contribution in [3.05, 3.63) is 51.0 Å². The van der Waals surface area contributed by atoms with Crippen molar-refractivity contribution < 1.29 is 13.9 Å². The Morgan fingerprint density at radius 3 is 2.76 bits per heavy atom. The van der Waals surface area contributed by atoms with Gasteiger partial charge < -0.3 is 10.4 Å². The highest BCUT2D eigenvalue weighted by atomic mass is 32.1. The lowest BCUT2D eigenvalue weighted by Gasteiger charge is -2.13. The van der Waals surface area contributed by atoms with E-state index in [1.165, 1.54) is 23.1 Å². The van der Waals surface area contributed by atoms with E-state index in [4.69, 9.17) is 0 Å². The summed E-state index contributed by atoms with van der Waals surface area (Å²) >= 11 is 1.67. The number of hydrogen-bond donors (Lipinski definition) is 2. The predicted octanol–water partition coefficient (Wildman–Crippen LogP) is 2.73. The van der Waals surface area contributed by atoms with Gasteiger partial charge in [0.05, 0.1) is 17.4 Å². The monoisotopic (exact) mass is 310 g/mol. The van der Waals surface area contributed by atoms with Gasteiger partial charge in [-0.2, -0.15) is 0 Å². The van der Waals surface area contributed by atoms with Crippen LogP contribution in [0.4, 0.5) is 8.78 Å². The Balaban J connectivity index is 1.57. The summed E-state index contributed by atoms with van der Waals surface area (Å²) in [6.45, 7) is 0.590. The van der Waals surface area contributed by atoms with Gasteiger partial charge in [0, 0.05) is 18.0 Å². The number of hydrogen-bond acceptors (Lipinski definition) is 4. The van der Waals surface area contributed by atoms with E-state index in [0.29, 0.717) is 6.54 Å². The molecular formula is C15H16F2N2OS. The summed E-state index contributed by atoms with van der Waals surface area (Å²) in [5, 5.41) is 13.9. The number of benzene rings is 1. The van der Waals surface area contributed by atoms with Gasteiger partial charge in [0.1, 0.15) is 16.6 Å². The fraction of sp³-hybridized carbons (Fsp3) is 0.400. The van der Waals surface area contributed by atoms with E-state index in [1.54, 1.807) is 11.3 Å². The Morgan fingerprint density at radius 1 is 1.29 bits per heavy atom. The van der Waals surface area contributed by atoms with E-state index in [1.807, 2.05) is 0 Å². The molecule has 1 aromatic carbocycles. The van der Waals surface area contributed by atoms with Gasteiger partial charge in [-0.15, -0.1) is 11.3 Å². The summed E-state index contributed by atoms with van der Waals surface area (Å²) < 4.78 is 27.0. The molecule has 0 amide bonds. The second-order valence-corrected chi connectivity index (χ2v) is 6.28. The van der Waals surface area contributed by atoms with Gasteiger partial charge in [0.25, 0.3) is 0 Å². The van der Waals surface area contributed by atoms with Crippen LogP contribution in [0.15, 0.2) is 18.2 Å². The van der Waals surface area contributed by atoms with E-state index < -0.39 is 17.7 Å². The summed E-state index contributed by atoms with van der Waals surface area (Å²) in [6, 6.07) is 3.57. The van der Waals surface area contributed by atoms with Crippen LogP contribution in [0, 0.1) is 11.6 Å². The predicted molar refractivity (Wildman–Crippen MR) is 77.2 cm³/mol. The van der Waals surface area contributed by atoms with E-state index in [-0.39, 0.29) is 12.1 Å². The number of nitrogens with zero attached hydrogens (tertiary/aromatic N) is 1. The Hall–Kier alpha value is -1.37. The number of thiazole rings is 1. The lowest BCUT2D eigenvalue weighted by atomic mass is 10.1. The van der Waals surface area contributed by atoms with Crippen molar-refractivity contribution in [2.45, 2.75) is 31.9 Å². The van der Waals surface area contributed by atoms with Gasteiger partial charge in [-0.1, -0.05) is 6.07 Å². The Morgan fingerprint density at radius 2 is 2.05 bits per heavy atom. The summed E-state index contributed by atoms with van der Waals surface area (Å²) in [4.78, 5) is 5.86. The number of fused-ring (bicyclic) bond motifs is 1. The number of halogens is 2. The zero-order chi connectivity index (χ0) is 14.8. The molecule has 3 rings (SSSR count). The van der Waals surface area contributed by atoms with Crippen molar-refractivity contribution in [2.75, 3.05) is 6.54 Å². The summed E-state index contributed by atoms with van der Waals surface area (Å²) in [5.74, 6) is -1.45. The summed E-state index contributed by atoms with van der Waals surface area (Å²) in [6.07, 6.45) is 2.09. The van der Waals surface area contributed by atoms with Crippen LogP contribution in [0.3, 0.4) is 0 Å². The second-order valence-electron chi connectivity index (χ2n) is 5.11. The molecule has 0 fully saturated rings. The highest BCUT2D eigenvalue weighted by molar-refractivity contribution is 7.11. The number of aromatic nitrogens is 1. The van der Waals surface area contributed by atoms with Crippen molar-refractivity contribution in [3.8, 4) is 0 Å². The van der Waals surface area contributed by atoms with Crippen molar-refractivity contribution in [2.24, 2.45) is 0 Å². The van der Waals surface area contributed by atoms with Gasteiger partial charge in [-0.25, -0.2) is 13.8 Å². The lowest BCUT2D eigenvalue weighted by molar-refractivity contribution is 0.164. The maximum atomic E-state index is 13.5. The van der Waals surface area contributed by atoms with Crippen LogP contribution >= 0.6 is 11.3 Å². The highest BCUT2D eigenvalue weighted by Crippen LogP contribution is 2.27. The van der Waals surface area contributed by atoms with Crippen LogP contribution in [-0.4, -0.2) is 16.6 Å². The van der Waals surface area contributed by atoms with Crippen LogP contribution in [-0.2, 0) is 19.4 Å². The molecule has 2 aromatic rings. The fourth-order valence-electron chi connectivity index (χ4n) is 2.57. The first-order valence-electron chi connectivity index (χ1n) is 6.95. The van der Waals surface area contributed by atoms with E-state index in [0.717, 1.165) is 30.0 Å². The molecule has 1 atom stereocenters. The van der Waals surface area contributed by atoms with Crippen molar-refractivity contribution in [3.63, 3.8) is 0 Å². The van der Waals surface area contributed by atoms with E-state index in [2.05, 4.69) is 10.3 Å². The van der Waals surface area contributed by atoms with Crippen LogP contribution in [0.5, 0.6) is 0 Å². The summed E-state index contributed by atoms with van der Waals surface area (Å²) in [7, 11) is 0. The normalized spacial score (nSPS) is 15.2. The number of aliphatic hydroxyl groups is 1. The number of aryl methyl sites for hydroxylation is 2. The third-order valence-electron chi connectivity index (χ3n) is 3.59. The molecule has 0 spiro atoms. The van der Waals surface area contributed by atoms with E-state index >= 15 is 0 Å². The van der Waals surface area contributed by atoms with Crippen LogP contribution in [0.2, 0.25) is 0 Å². The van der Waals surface area contributed by atoms with Crippen LogP contribution in [0.1, 0.15) is 33.7 Å². The quantitative estimate of drug-likeness (QED) is 0.892. The molecule has 1 heterocycles. The average Bonchev–Trinajstić information content (AvgIpc) is 2.99. The molecule has 6 heteroatoms. The summed E-state index contributed by atoms with van der Waals surface area (Å²) in [5.41, 5.74) is 0.893. The number of nitrogens with one attached hydrogen (secondary N) is 1. The molecule has 0 saturated heterocycles. The van der Waals surface area contributed by atoms with Gasteiger partial charge in [-0.3, -0.25) is 0 Å². The molecule has 1 aromatic heterocycles. The Labute approximate surface area is 125 Å². The van der Waals surface area contributed by atoms with Gasteiger partial charge >= 0.3 is 0 Å². The molecular weight excluding hydrogens is 294 g/mol. The maximum absolute atomic E-state index is 13.5. The van der Waals surface area contributed by atoms with Gasteiger partial charge in [-0.05, 0) is 31.4 Å². The van der Waals surface area contributed by atoms with Crippen LogP contribution in [0.25, 0.3) is 0 Å². The average molecular weight is 310 g/mol. The third kappa shape index (κ3) is 3.12. The number of aliphatic hydroxyl groups excluding tert-OH is 1. The van der Waals surface area contributed by atoms with Crippen molar-refractivity contribution >= 4 is 11.3 Å². The molecule has 0 radical (unpaired) electrons. The Bertz CT molecular complexity index is 603. The molecule has 3 nitrogen and oxygen atoms in total. The smallest absolute Gasteiger partial charge is 0.131 e. The molecule has 1 unspecified atom stereocenters. The molecule has 2 N–H and O–H groups in total. The van der Waals surface area contributed by atoms with Crippen molar-refractivity contribution in [1.29, 1.82) is 0 Å². The highest BCUT2D eigenvalue weighted by Gasteiger charge is 2.19. The third-order valence-corrected chi connectivity index (χ3v) is 4.74. The van der Waals surface area contributed by atoms with Gasteiger partial charge in [0.15, 0.2) is 0 Å². The number of rotatable bonds is 5. The Kier molecular flexibility index (Phi) is 4.28. The molecule has 0 aliphatic heterocycles. The molecule has 0 bridgehead atoms. The van der Waals surface area contributed by atoms with Gasteiger partial charge in [0.2, 0.25) is 0 Å². The van der Waals surface area contributed by atoms with E-state index in [9.17, 15) is 13.9 Å². The topological polar surface area (TPSA) is 45.1 Å². The van der Waals surface area contributed by atoms with Crippen LogP contribution < -0.4 is 5.32 Å². The zero-order valence-electron chi connectivity index (χ0n) is 11.4. The standard InChI is InChI=1S/C15H16F2N2OS/c16-9-3-1-4-10(17)15(9)12(20)7-18-8-14-19-11-5-2-6-13(11)21-14/h1,3-4,12,18,20H,2,5-8H2. The largest absolute Gasteiger partial charge is 0.387 e. The molecule has 21 heavy (non-hydrogen) atoms. The maximum Gasteiger partial charge on any atom is 0.131 e. The fourth-order valence-corrected chi connectivity index (χ4v) is 3.69. The first-order valence-corrected chi connectivity index (χ1v) is 7.77. The minimum Gasteiger partial charge on any atom is -0.387 e. The molecule has 112 valence electrons. The lowest BCUT2D eigenvalue weighted by Crippen LogP contribution is -2.22. The molecule has 0 saturated carbocycles. The molecule has 1 aliphatic rings. The SMILES string of the molecule is OC(CNCc1nc2c(s1)CCC2)c1c(F)cccc1F. The first kappa shape index (κ1) is 14.6. The first-order chi connectivity index (χ1) is 10.1.